The summed E-state index contributed by atoms with van der Waals surface area (Å²) >= 11 is 0. The van der Waals surface area contributed by atoms with Gasteiger partial charge >= 0.3 is 11.9 Å². The minimum absolute atomic E-state index is 0. The molecule has 3 aromatic heterocycles. The maximum Gasteiger partial charge on any atom is 0.317 e. The molecule has 13 nitrogen and oxygen atoms in total. The van der Waals surface area contributed by atoms with Crippen molar-refractivity contribution in [3.05, 3.63) is 59.2 Å². The second-order valence-electron chi connectivity index (χ2n) is 12.7. The number of aromatic nitrogens is 5. The van der Waals surface area contributed by atoms with Gasteiger partial charge in [0.1, 0.15) is 5.69 Å². The molecule has 1 radical (unpaired) electrons. The van der Waals surface area contributed by atoms with E-state index in [0.29, 0.717) is 72.0 Å². The third kappa shape index (κ3) is 9.97. The van der Waals surface area contributed by atoms with Gasteiger partial charge in [-0.15, -0.1) is 5.10 Å². The van der Waals surface area contributed by atoms with Crippen LogP contribution in [0.4, 0.5) is 0 Å². The predicted molar refractivity (Wildman–Crippen MR) is 164 cm³/mol. The quantitative estimate of drug-likeness (QED) is 0.396. The second-order valence-corrected chi connectivity index (χ2v) is 12.7. The van der Waals surface area contributed by atoms with E-state index >= 15 is 0 Å². The second kappa shape index (κ2) is 15.8. The third-order valence-corrected chi connectivity index (χ3v) is 8.09. The molecule has 0 aliphatic carbocycles. The van der Waals surface area contributed by atoms with Gasteiger partial charge in [-0.05, 0) is 24.3 Å². The molecule has 6 bridgehead atoms. The minimum atomic E-state index is -0.853. The smallest absolute Gasteiger partial charge is 0.317 e. The molecule has 1 fully saturated rings. The van der Waals surface area contributed by atoms with Gasteiger partial charge in [0.05, 0.1) is 48.1 Å². The van der Waals surface area contributed by atoms with E-state index in [1.54, 1.807) is 0 Å². The molecule has 0 aromatic carbocycles. The standard InChI is InChI=1S/C31H43N9O4.Lu/c1-31(2,3)30-29-26-9-5-8-24(33-26)19-37-12-16-38(21-27(41)42)14-10-36(11-15-39(17-13-37)22-28(43)44)18-23-6-4-7-25(32-23)20-40(29)35-34-30;/h4-9H,10-22H2,1-3H3,(H,41,42)(H,43,44);. The molecule has 3 aromatic rings. The molecule has 14 heteroatoms. The van der Waals surface area contributed by atoms with Crippen molar-refractivity contribution in [1.29, 1.82) is 0 Å². The molecule has 1 saturated heterocycles. The van der Waals surface area contributed by atoms with Gasteiger partial charge < -0.3 is 10.2 Å². The number of rotatable bonds is 4. The Kier molecular flexibility index (Phi) is 12.4. The molecule has 3 aliphatic rings. The van der Waals surface area contributed by atoms with Crippen LogP contribution < -0.4 is 0 Å². The molecule has 0 saturated carbocycles. The Hall–Kier alpha value is -2.55. The molecule has 0 unspecified atom stereocenters. The maximum absolute atomic E-state index is 11.8. The van der Waals surface area contributed by atoms with Crippen LogP contribution in [0.25, 0.3) is 11.4 Å². The molecule has 6 heterocycles. The van der Waals surface area contributed by atoms with Gasteiger partial charge in [0.2, 0.25) is 0 Å². The molecule has 6 rings (SSSR count). The van der Waals surface area contributed by atoms with Crippen LogP contribution in [-0.4, -0.2) is 132 Å². The fraction of sp³-hybridized carbons (Fsp3) is 0.548. The van der Waals surface area contributed by atoms with Gasteiger partial charge in [0.15, 0.2) is 0 Å². The zero-order valence-corrected chi connectivity index (χ0v) is 27.8. The van der Waals surface area contributed by atoms with Gasteiger partial charge in [0.25, 0.3) is 0 Å². The summed E-state index contributed by atoms with van der Waals surface area (Å²) in [6.45, 7) is 12.6. The normalized spacial score (nSPS) is 20.4. The zero-order valence-electron chi connectivity index (χ0n) is 26.2. The van der Waals surface area contributed by atoms with Crippen molar-refractivity contribution >= 4 is 11.9 Å². The maximum atomic E-state index is 11.8. The summed E-state index contributed by atoms with van der Waals surface area (Å²) in [5.74, 6) is -1.71. The zero-order chi connectivity index (χ0) is 31.3. The first kappa shape index (κ1) is 35.3. The van der Waals surface area contributed by atoms with E-state index in [4.69, 9.17) is 9.97 Å². The molecule has 45 heavy (non-hydrogen) atoms. The van der Waals surface area contributed by atoms with Gasteiger partial charge in [-0.2, -0.15) is 0 Å². The number of pyridine rings is 2. The van der Waals surface area contributed by atoms with Crippen molar-refractivity contribution < 1.29 is 56.7 Å². The fourth-order valence-corrected chi connectivity index (χ4v) is 5.79. The van der Waals surface area contributed by atoms with Crippen LogP contribution >= 0.6 is 0 Å². The van der Waals surface area contributed by atoms with E-state index in [9.17, 15) is 19.8 Å². The monoisotopic (exact) mass is 780 g/mol. The Bertz CT molecular complexity index is 1430. The average molecular weight is 781 g/mol. The Morgan fingerprint density at radius 1 is 0.711 bits per heavy atom. The molecule has 3 aliphatic heterocycles. The first-order chi connectivity index (χ1) is 21.0. The number of carbonyl (C=O) groups is 2. The average Bonchev–Trinajstić information content (AvgIpc) is 3.38. The van der Waals surface area contributed by atoms with Crippen LogP contribution in [0.5, 0.6) is 0 Å². The van der Waals surface area contributed by atoms with Crippen LogP contribution in [0.1, 0.15) is 43.5 Å². The molecule has 0 atom stereocenters. The number of carboxylic acids is 2. The molecule has 2 N–H and O–H groups in total. The molecule has 0 spiro atoms. The molecule has 0 amide bonds. The number of carboxylic acid groups (broad SMARTS) is 2. The van der Waals surface area contributed by atoms with Crippen molar-refractivity contribution in [1.82, 2.24) is 44.6 Å². The van der Waals surface area contributed by atoms with Crippen molar-refractivity contribution in [2.75, 3.05) is 65.4 Å². The summed E-state index contributed by atoms with van der Waals surface area (Å²) in [5.41, 5.74) is 4.84. The summed E-state index contributed by atoms with van der Waals surface area (Å²) in [5, 5.41) is 28.5. The van der Waals surface area contributed by atoms with E-state index in [1.807, 2.05) is 50.9 Å². The van der Waals surface area contributed by atoms with Crippen LogP contribution in [0, 0.1) is 36.9 Å². The van der Waals surface area contributed by atoms with E-state index in [1.165, 1.54) is 0 Å². The van der Waals surface area contributed by atoms with Crippen molar-refractivity contribution in [3.8, 4) is 11.4 Å². The number of fused-ring (bicyclic) bond motifs is 8. The van der Waals surface area contributed by atoms with Crippen LogP contribution in [0.2, 0.25) is 0 Å². The van der Waals surface area contributed by atoms with E-state index in [0.717, 1.165) is 34.2 Å². The first-order valence-electron chi connectivity index (χ1n) is 15.2. The molecular weight excluding hydrogens is 737 g/mol. The van der Waals surface area contributed by atoms with Gasteiger partial charge in [-0.1, -0.05) is 38.1 Å². The van der Waals surface area contributed by atoms with Crippen LogP contribution in [-0.2, 0) is 34.6 Å². The van der Waals surface area contributed by atoms with Crippen molar-refractivity contribution in [2.24, 2.45) is 0 Å². The summed E-state index contributed by atoms with van der Waals surface area (Å²) in [6.07, 6.45) is 0. The van der Waals surface area contributed by atoms with Gasteiger partial charge in [-0.25, -0.2) is 9.67 Å². The Labute approximate surface area is 293 Å². The topological polar surface area (TPSA) is 144 Å². The summed E-state index contributed by atoms with van der Waals surface area (Å²) in [6, 6.07) is 12.0. The molecule has 251 valence electrons. The number of nitrogens with zero attached hydrogens (tertiary/aromatic N) is 9. The Morgan fingerprint density at radius 3 is 1.67 bits per heavy atom. The Morgan fingerprint density at radius 2 is 1.18 bits per heavy atom. The number of aliphatic carboxylic acids is 2. The van der Waals surface area contributed by atoms with Gasteiger partial charge in [-0.3, -0.25) is 34.2 Å². The van der Waals surface area contributed by atoms with Gasteiger partial charge in [0, 0.05) is 108 Å². The van der Waals surface area contributed by atoms with E-state index in [2.05, 4.69) is 40.9 Å². The Balaban J connectivity index is 0.00000461. The number of hydrogen-bond donors (Lipinski definition) is 2. The molecular formula is C31H43LuN9O4. The van der Waals surface area contributed by atoms with E-state index < -0.39 is 11.9 Å². The van der Waals surface area contributed by atoms with E-state index in [-0.39, 0.29) is 55.4 Å². The van der Waals surface area contributed by atoms with Crippen LogP contribution in [0.15, 0.2) is 36.4 Å². The first-order valence-corrected chi connectivity index (χ1v) is 15.2. The third-order valence-electron chi connectivity index (χ3n) is 8.09. The number of hydrogen-bond acceptors (Lipinski definition) is 10. The van der Waals surface area contributed by atoms with Crippen molar-refractivity contribution in [2.45, 2.75) is 45.8 Å². The summed E-state index contributed by atoms with van der Waals surface area (Å²) in [4.78, 5) is 42.0. The van der Waals surface area contributed by atoms with Crippen molar-refractivity contribution in [3.63, 3.8) is 0 Å². The minimum Gasteiger partial charge on any atom is -0.480 e. The van der Waals surface area contributed by atoms with Crippen LogP contribution in [0.3, 0.4) is 0 Å². The fourth-order valence-electron chi connectivity index (χ4n) is 5.79. The predicted octanol–water partition coefficient (Wildman–Crippen LogP) is 1.49. The summed E-state index contributed by atoms with van der Waals surface area (Å²) < 4.78 is 1.90. The summed E-state index contributed by atoms with van der Waals surface area (Å²) in [7, 11) is 0. The SMILES string of the molecule is CC(C)(C)c1nnn2c1-c1cccc(n1)CN1CCN(CC(=O)O)CCN(CCN(CC(=O)O)CC1)Cc1cccc(n1)C2.[Lu]. The largest absolute Gasteiger partial charge is 0.480 e.